The van der Waals surface area contributed by atoms with Crippen LogP contribution in [0.25, 0.3) is 0 Å². The van der Waals surface area contributed by atoms with Gasteiger partial charge in [0, 0.05) is 6.07 Å². The van der Waals surface area contributed by atoms with Crippen molar-refractivity contribution in [2.45, 2.75) is 6.61 Å². The summed E-state index contributed by atoms with van der Waals surface area (Å²) in [6, 6.07) is 12.3. The van der Waals surface area contributed by atoms with E-state index < -0.39 is 9.85 Å². The van der Waals surface area contributed by atoms with Gasteiger partial charge in [-0.05, 0) is 18.2 Å². The second-order valence-electron chi connectivity index (χ2n) is 3.93. The van der Waals surface area contributed by atoms with E-state index >= 15 is 0 Å². The topological polar surface area (TPSA) is 95.5 Å². The summed E-state index contributed by atoms with van der Waals surface area (Å²) in [6.45, 7) is -0.0294. The molecule has 0 atom stereocenters. The largest absolute Gasteiger partial charge is 0.489 e. The first-order chi connectivity index (χ1) is 9.58. The van der Waals surface area contributed by atoms with Crippen LogP contribution in [0.3, 0.4) is 0 Å². The highest BCUT2D eigenvalue weighted by Crippen LogP contribution is 2.25. The lowest BCUT2D eigenvalue weighted by Gasteiger charge is -2.06. The number of hydrogen-bond acceptors (Lipinski definition) is 5. The SMILES string of the molecule is O=[N+]([O-])c1ccc(COc2ccccc2)c([N+](=O)[O-])c1. The average Bonchev–Trinajstić information content (AvgIpc) is 2.45. The lowest BCUT2D eigenvalue weighted by atomic mass is 10.1. The zero-order valence-electron chi connectivity index (χ0n) is 10.3. The first-order valence-corrected chi connectivity index (χ1v) is 5.67. The van der Waals surface area contributed by atoms with Crippen LogP contribution in [0.15, 0.2) is 48.5 Å². The number of rotatable bonds is 5. The van der Waals surface area contributed by atoms with Gasteiger partial charge in [-0.3, -0.25) is 20.2 Å². The smallest absolute Gasteiger partial charge is 0.282 e. The molecule has 0 aromatic heterocycles. The van der Waals surface area contributed by atoms with Crippen molar-refractivity contribution in [3.8, 4) is 5.75 Å². The van der Waals surface area contributed by atoms with Gasteiger partial charge in [0.25, 0.3) is 11.4 Å². The molecule has 7 nitrogen and oxygen atoms in total. The molecule has 0 radical (unpaired) electrons. The third-order valence-electron chi connectivity index (χ3n) is 2.61. The number of nitro groups is 2. The molecule has 0 saturated carbocycles. The van der Waals surface area contributed by atoms with E-state index in [1.54, 1.807) is 24.3 Å². The Bertz CT molecular complexity index is 642. The summed E-state index contributed by atoms with van der Waals surface area (Å²) in [7, 11) is 0. The second kappa shape index (κ2) is 5.79. The first kappa shape index (κ1) is 13.5. The molecule has 0 saturated heterocycles. The maximum absolute atomic E-state index is 10.9. The molecule has 0 N–H and O–H groups in total. The Kier molecular flexibility index (Phi) is 3.90. The van der Waals surface area contributed by atoms with Crippen molar-refractivity contribution < 1.29 is 14.6 Å². The Hall–Kier alpha value is -2.96. The number of para-hydroxylation sites is 1. The minimum absolute atomic E-state index is 0.0294. The van der Waals surface area contributed by atoms with Gasteiger partial charge in [-0.25, -0.2) is 0 Å². The van der Waals surface area contributed by atoms with Crippen LogP contribution >= 0.6 is 0 Å². The molecule has 0 heterocycles. The fourth-order valence-electron chi connectivity index (χ4n) is 1.64. The van der Waals surface area contributed by atoms with Crippen LogP contribution in [0.4, 0.5) is 11.4 Å². The predicted octanol–water partition coefficient (Wildman–Crippen LogP) is 3.08. The van der Waals surface area contributed by atoms with Gasteiger partial charge in [-0.1, -0.05) is 18.2 Å². The molecule has 0 aliphatic heterocycles. The Morgan fingerprint density at radius 2 is 1.65 bits per heavy atom. The summed E-state index contributed by atoms with van der Waals surface area (Å²) in [4.78, 5) is 20.2. The summed E-state index contributed by atoms with van der Waals surface area (Å²) in [5, 5.41) is 21.6. The van der Waals surface area contributed by atoms with Gasteiger partial charge < -0.3 is 4.74 Å². The normalized spacial score (nSPS) is 10.0. The molecule has 0 aliphatic carbocycles. The number of non-ortho nitro benzene ring substituents is 1. The molecule has 2 aromatic rings. The van der Waals surface area contributed by atoms with E-state index in [0.29, 0.717) is 5.75 Å². The highest BCUT2D eigenvalue weighted by Gasteiger charge is 2.19. The number of nitrogens with zero attached hydrogens (tertiary/aromatic N) is 2. The fraction of sp³-hybridized carbons (Fsp3) is 0.0769. The third kappa shape index (κ3) is 3.08. The van der Waals surface area contributed by atoms with Crippen molar-refractivity contribution in [1.82, 2.24) is 0 Å². The van der Waals surface area contributed by atoms with E-state index in [1.165, 1.54) is 12.1 Å². The minimum atomic E-state index is -0.672. The van der Waals surface area contributed by atoms with Gasteiger partial charge in [-0.15, -0.1) is 0 Å². The van der Waals surface area contributed by atoms with E-state index in [4.69, 9.17) is 4.74 Å². The van der Waals surface area contributed by atoms with Crippen LogP contribution in [0.2, 0.25) is 0 Å². The highest BCUT2D eigenvalue weighted by molar-refractivity contribution is 5.49. The van der Waals surface area contributed by atoms with E-state index in [-0.39, 0.29) is 23.5 Å². The van der Waals surface area contributed by atoms with Crippen LogP contribution < -0.4 is 4.74 Å². The van der Waals surface area contributed by atoms with Crippen molar-refractivity contribution >= 4 is 11.4 Å². The minimum Gasteiger partial charge on any atom is -0.489 e. The molecule has 20 heavy (non-hydrogen) atoms. The summed E-state index contributed by atoms with van der Waals surface area (Å²) >= 11 is 0. The molecule has 2 rings (SSSR count). The number of hydrogen-bond donors (Lipinski definition) is 0. The van der Waals surface area contributed by atoms with E-state index in [2.05, 4.69) is 0 Å². The van der Waals surface area contributed by atoms with Gasteiger partial charge in [-0.2, -0.15) is 0 Å². The van der Waals surface area contributed by atoms with Crippen molar-refractivity contribution in [1.29, 1.82) is 0 Å². The molecule has 0 bridgehead atoms. The number of nitro benzene ring substituents is 2. The lowest BCUT2D eigenvalue weighted by molar-refractivity contribution is -0.394. The van der Waals surface area contributed by atoms with Gasteiger partial charge >= 0.3 is 0 Å². The molecule has 7 heteroatoms. The van der Waals surface area contributed by atoms with E-state index in [0.717, 1.165) is 6.07 Å². The van der Waals surface area contributed by atoms with Gasteiger partial charge in [0.2, 0.25) is 0 Å². The Morgan fingerprint density at radius 3 is 2.25 bits per heavy atom. The standard InChI is InChI=1S/C13H10N2O5/c16-14(17)11-7-6-10(13(8-11)15(18)19)9-20-12-4-2-1-3-5-12/h1-8H,9H2. The maximum atomic E-state index is 10.9. The molecule has 2 aromatic carbocycles. The Morgan fingerprint density at radius 1 is 0.950 bits per heavy atom. The van der Waals surface area contributed by atoms with Crippen molar-refractivity contribution in [3.05, 3.63) is 74.3 Å². The summed E-state index contributed by atoms with van der Waals surface area (Å²) < 4.78 is 5.41. The molecule has 0 fully saturated rings. The lowest BCUT2D eigenvalue weighted by Crippen LogP contribution is -2.01. The molecule has 0 spiro atoms. The molecular formula is C13H10N2O5. The predicted molar refractivity (Wildman–Crippen MR) is 70.5 cm³/mol. The highest BCUT2D eigenvalue weighted by atomic mass is 16.6. The zero-order chi connectivity index (χ0) is 14.5. The third-order valence-corrected chi connectivity index (χ3v) is 2.61. The Labute approximate surface area is 113 Å². The van der Waals surface area contributed by atoms with E-state index in [1.807, 2.05) is 6.07 Å². The zero-order valence-corrected chi connectivity index (χ0v) is 10.3. The van der Waals surface area contributed by atoms with Gasteiger partial charge in [0.05, 0.1) is 21.5 Å². The van der Waals surface area contributed by atoms with E-state index in [9.17, 15) is 20.2 Å². The van der Waals surface area contributed by atoms with Crippen LogP contribution in [-0.2, 0) is 6.61 Å². The van der Waals surface area contributed by atoms with Crippen molar-refractivity contribution in [2.24, 2.45) is 0 Å². The van der Waals surface area contributed by atoms with Crippen molar-refractivity contribution in [3.63, 3.8) is 0 Å². The van der Waals surface area contributed by atoms with Crippen LogP contribution in [0.1, 0.15) is 5.56 Å². The Balaban J connectivity index is 2.23. The molecule has 0 aliphatic rings. The van der Waals surface area contributed by atoms with Crippen LogP contribution in [0, 0.1) is 20.2 Å². The fourth-order valence-corrected chi connectivity index (χ4v) is 1.64. The summed E-state index contributed by atoms with van der Waals surface area (Å²) in [5.74, 6) is 0.570. The van der Waals surface area contributed by atoms with Crippen molar-refractivity contribution in [2.75, 3.05) is 0 Å². The average molecular weight is 274 g/mol. The number of benzene rings is 2. The second-order valence-corrected chi connectivity index (χ2v) is 3.93. The first-order valence-electron chi connectivity index (χ1n) is 5.67. The van der Waals surface area contributed by atoms with Crippen LogP contribution in [-0.4, -0.2) is 9.85 Å². The summed E-state index contributed by atoms with van der Waals surface area (Å²) in [5.41, 5.74) is -0.361. The molecule has 102 valence electrons. The molecule has 0 unspecified atom stereocenters. The van der Waals surface area contributed by atoms with Gasteiger partial charge in [0.1, 0.15) is 12.4 Å². The van der Waals surface area contributed by atoms with Crippen LogP contribution in [0.5, 0.6) is 5.75 Å². The number of ether oxygens (including phenoxy) is 1. The van der Waals surface area contributed by atoms with Gasteiger partial charge in [0.15, 0.2) is 0 Å². The quantitative estimate of drug-likeness (QED) is 0.616. The molecule has 0 amide bonds. The maximum Gasteiger partial charge on any atom is 0.282 e. The monoisotopic (exact) mass is 274 g/mol. The molecular weight excluding hydrogens is 264 g/mol. The summed E-state index contributed by atoms with van der Waals surface area (Å²) in [6.07, 6.45) is 0.